The van der Waals surface area contributed by atoms with Crippen LogP contribution in [0.15, 0.2) is 48.5 Å². The Kier molecular flexibility index (Phi) is 5.04. The first-order valence-corrected chi connectivity index (χ1v) is 11.2. The Morgan fingerprint density at radius 2 is 1.73 bits per heavy atom. The Labute approximate surface area is 192 Å². The van der Waals surface area contributed by atoms with Gasteiger partial charge in [0.15, 0.2) is 0 Å². The predicted molar refractivity (Wildman–Crippen MR) is 131 cm³/mol. The maximum absolute atomic E-state index is 12.9. The van der Waals surface area contributed by atoms with Crippen LogP contribution in [-0.2, 0) is 4.79 Å². The van der Waals surface area contributed by atoms with Gasteiger partial charge in [-0.05, 0) is 62.6 Å². The van der Waals surface area contributed by atoms with Crippen molar-refractivity contribution in [1.29, 1.82) is 0 Å². The van der Waals surface area contributed by atoms with E-state index in [4.69, 9.17) is 0 Å². The molecule has 2 aliphatic rings. The molecule has 0 aliphatic carbocycles. The van der Waals surface area contributed by atoms with E-state index in [-0.39, 0.29) is 16.5 Å². The molecule has 7 heteroatoms. The van der Waals surface area contributed by atoms with E-state index in [1.807, 2.05) is 67.0 Å². The normalized spacial score (nSPS) is 16.7. The van der Waals surface area contributed by atoms with Crippen molar-refractivity contribution in [2.75, 3.05) is 29.9 Å². The molecule has 168 valence electrons. The molecule has 0 saturated carbocycles. The highest BCUT2D eigenvalue weighted by Gasteiger charge is 2.29. The number of nitro benzene ring substituents is 1. The minimum atomic E-state index is -0.293. The quantitative estimate of drug-likeness (QED) is 0.319. The smallest absolute Gasteiger partial charge is 0.294 e. The van der Waals surface area contributed by atoms with Gasteiger partial charge in [0, 0.05) is 48.7 Å². The number of hydrogen-bond donors (Lipinski definition) is 0. The summed E-state index contributed by atoms with van der Waals surface area (Å²) >= 11 is 0. The summed E-state index contributed by atoms with van der Waals surface area (Å²) in [6, 6.07) is 15.3. The minimum absolute atomic E-state index is 0.0355. The summed E-state index contributed by atoms with van der Waals surface area (Å²) in [5.74, 6) is -0.0355. The van der Waals surface area contributed by atoms with Crippen molar-refractivity contribution in [3.63, 3.8) is 0 Å². The predicted octanol–water partition coefficient (Wildman–Crippen LogP) is 5.12. The number of nitro groups is 1. The number of para-hydroxylation sites is 1. The summed E-state index contributed by atoms with van der Waals surface area (Å²) in [5, 5.41) is 11.9. The molecule has 33 heavy (non-hydrogen) atoms. The third-order valence-corrected chi connectivity index (χ3v) is 6.72. The van der Waals surface area contributed by atoms with Crippen LogP contribution < -0.4 is 9.80 Å². The molecule has 3 aromatic rings. The standard InChI is InChI=1S/C26H26N4O3/c1-17-14-19(15-22-21-8-4-5-9-23(21)27(3)26(22)31)18(2)29(17)20-10-11-24(25(16-20)30(32)33)28-12-6-7-13-28/h4-5,8-11,14-16H,6-7,12-13H2,1-3H3/b22-15+. The van der Waals surface area contributed by atoms with Crippen LogP contribution in [0.4, 0.5) is 17.1 Å². The number of amides is 1. The van der Waals surface area contributed by atoms with E-state index in [2.05, 4.69) is 4.90 Å². The second-order valence-electron chi connectivity index (χ2n) is 8.73. The second-order valence-corrected chi connectivity index (χ2v) is 8.73. The molecule has 1 aromatic heterocycles. The van der Waals surface area contributed by atoms with Crippen molar-refractivity contribution < 1.29 is 9.72 Å². The lowest BCUT2D eigenvalue weighted by molar-refractivity contribution is -0.384. The van der Waals surface area contributed by atoms with Crippen LogP contribution in [0.25, 0.3) is 17.3 Å². The van der Waals surface area contributed by atoms with Crippen molar-refractivity contribution in [1.82, 2.24) is 4.57 Å². The van der Waals surface area contributed by atoms with Crippen LogP contribution in [0.3, 0.4) is 0 Å². The number of nitrogens with zero attached hydrogens (tertiary/aromatic N) is 4. The average molecular weight is 443 g/mol. The molecule has 0 N–H and O–H groups in total. The number of carbonyl (C=O) groups excluding carboxylic acids is 1. The maximum Gasteiger partial charge on any atom is 0.294 e. The van der Waals surface area contributed by atoms with E-state index in [0.29, 0.717) is 11.3 Å². The molecule has 0 unspecified atom stereocenters. The van der Waals surface area contributed by atoms with Crippen molar-refractivity contribution in [2.24, 2.45) is 0 Å². The molecule has 2 aliphatic heterocycles. The zero-order valence-corrected chi connectivity index (χ0v) is 19.0. The van der Waals surface area contributed by atoms with Gasteiger partial charge in [-0.2, -0.15) is 0 Å². The van der Waals surface area contributed by atoms with Gasteiger partial charge in [0.25, 0.3) is 11.6 Å². The Hall–Kier alpha value is -3.87. The number of fused-ring (bicyclic) bond motifs is 1. The van der Waals surface area contributed by atoms with Crippen LogP contribution in [-0.4, -0.2) is 35.5 Å². The summed E-state index contributed by atoms with van der Waals surface area (Å²) in [6.45, 7) is 5.66. The Morgan fingerprint density at radius 1 is 1.00 bits per heavy atom. The molecule has 1 saturated heterocycles. The monoisotopic (exact) mass is 442 g/mol. The highest BCUT2D eigenvalue weighted by molar-refractivity contribution is 6.35. The minimum Gasteiger partial charge on any atom is -0.366 e. The molecule has 5 rings (SSSR count). The first-order chi connectivity index (χ1) is 15.9. The number of hydrogen-bond acceptors (Lipinski definition) is 4. The third-order valence-electron chi connectivity index (χ3n) is 6.72. The molecule has 0 atom stereocenters. The lowest BCUT2D eigenvalue weighted by Gasteiger charge is -2.19. The topological polar surface area (TPSA) is 71.6 Å². The molecule has 2 aromatic carbocycles. The molecule has 1 fully saturated rings. The van der Waals surface area contributed by atoms with E-state index in [9.17, 15) is 14.9 Å². The largest absolute Gasteiger partial charge is 0.366 e. The number of anilines is 2. The summed E-state index contributed by atoms with van der Waals surface area (Å²) in [5.41, 5.74) is 6.84. The first-order valence-electron chi connectivity index (χ1n) is 11.2. The van der Waals surface area contributed by atoms with E-state index in [0.717, 1.165) is 59.8 Å². The van der Waals surface area contributed by atoms with Gasteiger partial charge in [-0.3, -0.25) is 14.9 Å². The van der Waals surface area contributed by atoms with Crippen LogP contribution in [0.2, 0.25) is 0 Å². The number of rotatable bonds is 4. The van der Waals surface area contributed by atoms with E-state index < -0.39 is 0 Å². The zero-order chi connectivity index (χ0) is 23.3. The van der Waals surface area contributed by atoms with Crippen molar-refractivity contribution >= 4 is 34.6 Å². The van der Waals surface area contributed by atoms with Gasteiger partial charge in [-0.15, -0.1) is 0 Å². The summed E-state index contributed by atoms with van der Waals surface area (Å²) in [6.07, 6.45) is 4.05. The van der Waals surface area contributed by atoms with Gasteiger partial charge in [0.1, 0.15) is 5.69 Å². The summed E-state index contributed by atoms with van der Waals surface area (Å²) in [4.78, 5) is 28.2. The van der Waals surface area contributed by atoms with Gasteiger partial charge >= 0.3 is 0 Å². The summed E-state index contributed by atoms with van der Waals surface area (Å²) in [7, 11) is 1.78. The van der Waals surface area contributed by atoms with Crippen LogP contribution in [0.1, 0.15) is 35.4 Å². The van der Waals surface area contributed by atoms with Crippen molar-refractivity contribution in [3.05, 3.63) is 81.2 Å². The second kappa shape index (κ2) is 7.92. The fourth-order valence-corrected chi connectivity index (χ4v) is 5.05. The molecule has 0 spiro atoms. The highest BCUT2D eigenvalue weighted by Crippen LogP contribution is 2.38. The van der Waals surface area contributed by atoms with Gasteiger partial charge in [-0.1, -0.05) is 18.2 Å². The molecular weight excluding hydrogens is 416 g/mol. The van der Waals surface area contributed by atoms with E-state index >= 15 is 0 Å². The van der Waals surface area contributed by atoms with Crippen molar-refractivity contribution in [2.45, 2.75) is 26.7 Å². The number of likely N-dealkylation sites (N-methyl/N-ethyl adjacent to an activating group) is 1. The molecule has 1 amide bonds. The average Bonchev–Trinajstić information content (AvgIpc) is 3.49. The number of benzene rings is 2. The van der Waals surface area contributed by atoms with Crippen LogP contribution in [0, 0.1) is 24.0 Å². The highest BCUT2D eigenvalue weighted by atomic mass is 16.6. The molecule has 0 bridgehead atoms. The Bertz CT molecular complexity index is 1320. The SMILES string of the molecule is Cc1cc(/C=C2/C(=O)N(C)c3ccccc32)c(C)n1-c1ccc(N2CCCC2)c([N+](=O)[O-])c1. The third kappa shape index (κ3) is 3.40. The number of aryl methyl sites for hydroxylation is 1. The Balaban J connectivity index is 1.58. The molecule has 7 nitrogen and oxygen atoms in total. The van der Waals surface area contributed by atoms with Gasteiger partial charge in [-0.25, -0.2) is 0 Å². The number of aromatic nitrogens is 1. The lowest BCUT2D eigenvalue weighted by atomic mass is 10.0. The van der Waals surface area contributed by atoms with Crippen LogP contribution >= 0.6 is 0 Å². The fraction of sp³-hybridized carbons (Fsp3) is 0.269. The first kappa shape index (κ1) is 21.0. The van der Waals surface area contributed by atoms with Gasteiger partial charge in [0.05, 0.1) is 16.3 Å². The van der Waals surface area contributed by atoms with Crippen LogP contribution in [0.5, 0.6) is 0 Å². The molecular formula is C26H26N4O3. The molecule has 3 heterocycles. The fourth-order valence-electron chi connectivity index (χ4n) is 5.05. The maximum atomic E-state index is 12.9. The number of carbonyl (C=O) groups is 1. The van der Waals surface area contributed by atoms with Gasteiger partial charge in [0.2, 0.25) is 0 Å². The lowest BCUT2D eigenvalue weighted by Crippen LogP contribution is -2.20. The molecule has 0 radical (unpaired) electrons. The summed E-state index contributed by atoms with van der Waals surface area (Å²) < 4.78 is 2.02. The van der Waals surface area contributed by atoms with Crippen molar-refractivity contribution in [3.8, 4) is 5.69 Å². The van der Waals surface area contributed by atoms with E-state index in [1.54, 1.807) is 18.0 Å². The Morgan fingerprint density at radius 3 is 2.45 bits per heavy atom. The van der Waals surface area contributed by atoms with E-state index in [1.165, 1.54) is 0 Å². The van der Waals surface area contributed by atoms with Gasteiger partial charge < -0.3 is 14.4 Å². The zero-order valence-electron chi connectivity index (χ0n) is 19.0.